The number of nitrogens with zero attached hydrogens (tertiary/aromatic N) is 1. The van der Waals surface area contributed by atoms with Gasteiger partial charge in [0.1, 0.15) is 0 Å². The minimum absolute atomic E-state index is 0.0799. The van der Waals surface area contributed by atoms with E-state index in [-0.39, 0.29) is 22.6 Å². The van der Waals surface area contributed by atoms with E-state index >= 15 is 0 Å². The first-order valence-electron chi connectivity index (χ1n) is 7.30. The molecule has 1 aliphatic heterocycles. The molecular weight excluding hydrogens is 308 g/mol. The molecule has 0 aromatic heterocycles. The van der Waals surface area contributed by atoms with Gasteiger partial charge in [-0.25, -0.2) is 0 Å². The van der Waals surface area contributed by atoms with Gasteiger partial charge in [0.15, 0.2) is 0 Å². The Morgan fingerprint density at radius 3 is 2.47 bits per heavy atom. The molecule has 5 heteroatoms. The highest BCUT2D eigenvalue weighted by Crippen LogP contribution is 2.20. The zero-order valence-corrected chi connectivity index (χ0v) is 13.5. The number of hydrogen-bond acceptors (Lipinski definition) is 2. The molecule has 0 aromatic rings. The zero-order chi connectivity index (χ0) is 14.3. The molecule has 1 heterocycles. The average Bonchev–Trinajstić information content (AvgIpc) is 2.46. The maximum atomic E-state index is 12.0. The largest absolute Gasteiger partial charge is 0.356 e. The molecule has 0 aliphatic carbocycles. The number of nitrogens with one attached hydrogen (secondary N) is 1. The summed E-state index contributed by atoms with van der Waals surface area (Å²) < 4.78 is 0. The number of rotatable bonds is 6. The van der Waals surface area contributed by atoms with E-state index in [2.05, 4.69) is 28.2 Å². The first-order chi connectivity index (χ1) is 9.10. The van der Waals surface area contributed by atoms with Crippen LogP contribution in [0.5, 0.6) is 0 Å². The van der Waals surface area contributed by atoms with Crippen molar-refractivity contribution < 1.29 is 9.59 Å². The molecule has 1 saturated heterocycles. The van der Waals surface area contributed by atoms with Crippen LogP contribution in [-0.2, 0) is 9.59 Å². The van der Waals surface area contributed by atoms with Gasteiger partial charge in [0.25, 0.3) is 0 Å². The van der Waals surface area contributed by atoms with Crippen LogP contribution in [0.2, 0.25) is 0 Å². The molecule has 19 heavy (non-hydrogen) atoms. The standard InChI is InChI=1S/C14H25BrN2O2/c1-3-5-8-16-13(18)11-6-9-17(10-7-11)14(19)12(15)4-2/h11-12H,3-10H2,1-2H3,(H,16,18). The minimum Gasteiger partial charge on any atom is -0.356 e. The topological polar surface area (TPSA) is 49.4 Å². The first-order valence-corrected chi connectivity index (χ1v) is 8.22. The summed E-state index contributed by atoms with van der Waals surface area (Å²) in [5.41, 5.74) is 0. The maximum Gasteiger partial charge on any atom is 0.236 e. The Balaban J connectivity index is 2.32. The molecule has 1 rings (SSSR count). The van der Waals surface area contributed by atoms with Crippen molar-refractivity contribution in [2.75, 3.05) is 19.6 Å². The lowest BCUT2D eigenvalue weighted by atomic mass is 9.95. The number of amides is 2. The average molecular weight is 333 g/mol. The van der Waals surface area contributed by atoms with Crippen LogP contribution >= 0.6 is 15.9 Å². The van der Waals surface area contributed by atoms with E-state index in [0.29, 0.717) is 13.1 Å². The third-order valence-corrected chi connectivity index (χ3v) is 4.67. The summed E-state index contributed by atoms with van der Waals surface area (Å²) in [6.45, 7) is 6.28. The fourth-order valence-electron chi connectivity index (χ4n) is 2.27. The molecule has 1 atom stereocenters. The molecule has 2 amide bonds. The first kappa shape index (κ1) is 16.5. The van der Waals surface area contributed by atoms with Crippen molar-refractivity contribution in [2.24, 2.45) is 5.92 Å². The lowest BCUT2D eigenvalue weighted by molar-refractivity contribution is -0.135. The van der Waals surface area contributed by atoms with E-state index in [1.165, 1.54) is 0 Å². The molecule has 1 fully saturated rings. The second kappa shape index (κ2) is 8.56. The quantitative estimate of drug-likeness (QED) is 0.599. The summed E-state index contributed by atoms with van der Waals surface area (Å²) in [5.74, 6) is 0.398. The van der Waals surface area contributed by atoms with Crippen LogP contribution in [0.4, 0.5) is 0 Å². The SMILES string of the molecule is CCCCNC(=O)C1CCN(C(=O)C(Br)CC)CC1. The van der Waals surface area contributed by atoms with E-state index in [1.807, 2.05) is 11.8 Å². The Labute approximate surface area is 124 Å². The van der Waals surface area contributed by atoms with Crippen molar-refractivity contribution in [3.05, 3.63) is 0 Å². The molecule has 0 radical (unpaired) electrons. The summed E-state index contributed by atoms with van der Waals surface area (Å²) in [5, 5.41) is 2.98. The van der Waals surface area contributed by atoms with Gasteiger partial charge in [-0.1, -0.05) is 36.2 Å². The summed E-state index contributed by atoms with van der Waals surface area (Å²) in [7, 11) is 0. The molecule has 1 N–H and O–H groups in total. The minimum atomic E-state index is -0.0811. The van der Waals surface area contributed by atoms with Gasteiger partial charge >= 0.3 is 0 Å². The van der Waals surface area contributed by atoms with E-state index < -0.39 is 0 Å². The number of alkyl halides is 1. The van der Waals surface area contributed by atoms with E-state index in [9.17, 15) is 9.59 Å². The summed E-state index contributed by atoms with van der Waals surface area (Å²) in [6, 6.07) is 0. The lowest BCUT2D eigenvalue weighted by Gasteiger charge is -2.32. The highest BCUT2D eigenvalue weighted by molar-refractivity contribution is 9.10. The second-order valence-corrected chi connectivity index (χ2v) is 6.23. The van der Waals surface area contributed by atoms with Crippen LogP contribution < -0.4 is 5.32 Å². The lowest BCUT2D eigenvalue weighted by Crippen LogP contribution is -2.45. The number of halogens is 1. The van der Waals surface area contributed by atoms with Crippen LogP contribution in [0.3, 0.4) is 0 Å². The van der Waals surface area contributed by atoms with Crippen molar-refractivity contribution in [1.82, 2.24) is 10.2 Å². The predicted octanol–water partition coefficient (Wildman–Crippen LogP) is 2.31. The van der Waals surface area contributed by atoms with Gasteiger partial charge in [-0.15, -0.1) is 0 Å². The summed E-state index contributed by atoms with van der Waals surface area (Å²) in [6.07, 6.45) is 4.50. The fraction of sp³-hybridized carbons (Fsp3) is 0.857. The van der Waals surface area contributed by atoms with Gasteiger partial charge in [0, 0.05) is 25.6 Å². The van der Waals surface area contributed by atoms with Crippen molar-refractivity contribution in [2.45, 2.75) is 50.8 Å². The third kappa shape index (κ3) is 5.13. The Morgan fingerprint density at radius 1 is 1.32 bits per heavy atom. The van der Waals surface area contributed by atoms with Crippen LogP contribution in [0.1, 0.15) is 46.0 Å². The van der Waals surface area contributed by atoms with Crippen LogP contribution in [-0.4, -0.2) is 41.2 Å². The maximum absolute atomic E-state index is 12.0. The molecule has 4 nitrogen and oxygen atoms in total. The normalized spacial score (nSPS) is 18.2. The molecule has 1 aliphatic rings. The van der Waals surface area contributed by atoms with Gasteiger partial charge in [-0.05, 0) is 25.7 Å². The highest BCUT2D eigenvalue weighted by atomic mass is 79.9. The third-order valence-electron chi connectivity index (χ3n) is 3.63. The summed E-state index contributed by atoms with van der Waals surface area (Å²) >= 11 is 3.39. The van der Waals surface area contributed by atoms with Crippen molar-refractivity contribution in [3.63, 3.8) is 0 Å². The molecular formula is C14H25BrN2O2. The Bertz CT molecular complexity index is 302. The Kier molecular flexibility index (Phi) is 7.42. The number of hydrogen-bond donors (Lipinski definition) is 1. The van der Waals surface area contributed by atoms with Gasteiger partial charge in [0.05, 0.1) is 4.83 Å². The van der Waals surface area contributed by atoms with Crippen LogP contribution in [0, 0.1) is 5.92 Å². The number of carbonyl (C=O) groups excluding carboxylic acids is 2. The number of unbranched alkanes of at least 4 members (excludes halogenated alkanes) is 1. The van der Waals surface area contributed by atoms with Crippen LogP contribution in [0.15, 0.2) is 0 Å². The predicted molar refractivity (Wildman–Crippen MR) is 80.2 cm³/mol. The Morgan fingerprint density at radius 2 is 1.95 bits per heavy atom. The molecule has 0 spiro atoms. The highest BCUT2D eigenvalue weighted by Gasteiger charge is 2.28. The van der Waals surface area contributed by atoms with Crippen molar-refractivity contribution >= 4 is 27.7 Å². The monoisotopic (exact) mass is 332 g/mol. The number of carbonyl (C=O) groups is 2. The molecule has 110 valence electrons. The molecule has 1 unspecified atom stereocenters. The van der Waals surface area contributed by atoms with Crippen molar-refractivity contribution in [1.29, 1.82) is 0 Å². The fourth-order valence-corrected chi connectivity index (χ4v) is 2.56. The smallest absolute Gasteiger partial charge is 0.236 e. The molecule has 0 bridgehead atoms. The van der Waals surface area contributed by atoms with Gasteiger partial charge < -0.3 is 10.2 Å². The van der Waals surface area contributed by atoms with Gasteiger partial charge in [0.2, 0.25) is 11.8 Å². The van der Waals surface area contributed by atoms with E-state index in [4.69, 9.17) is 0 Å². The Hall–Kier alpha value is -0.580. The van der Waals surface area contributed by atoms with Gasteiger partial charge in [-0.2, -0.15) is 0 Å². The molecule has 0 aromatic carbocycles. The zero-order valence-electron chi connectivity index (χ0n) is 12.0. The van der Waals surface area contributed by atoms with E-state index in [1.54, 1.807) is 0 Å². The number of piperidine rings is 1. The second-order valence-electron chi connectivity index (χ2n) is 5.12. The summed E-state index contributed by atoms with van der Waals surface area (Å²) in [4.78, 5) is 25.7. The number of likely N-dealkylation sites (tertiary alicyclic amines) is 1. The van der Waals surface area contributed by atoms with Crippen molar-refractivity contribution in [3.8, 4) is 0 Å². The van der Waals surface area contributed by atoms with Gasteiger partial charge in [-0.3, -0.25) is 9.59 Å². The van der Waals surface area contributed by atoms with E-state index in [0.717, 1.165) is 38.6 Å². The molecule has 0 saturated carbocycles. The van der Waals surface area contributed by atoms with Crippen LogP contribution in [0.25, 0.3) is 0 Å².